The van der Waals surface area contributed by atoms with Gasteiger partial charge in [0.2, 0.25) is 35.4 Å². The molecule has 6 rings (SSSR count). The Labute approximate surface area is 486 Å². The number of hydrogen-bond acceptors (Lipinski definition) is 12. The Morgan fingerprint density at radius 1 is 0.780 bits per heavy atom. The van der Waals surface area contributed by atoms with E-state index in [0.717, 1.165) is 62.6 Å². The van der Waals surface area contributed by atoms with Gasteiger partial charge in [0.15, 0.2) is 0 Å². The molecule has 1 aliphatic carbocycles. The van der Waals surface area contributed by atoms with Gasteiger partial charge < -0.3 is 45.6 Å². The highest BCUT2D eigenvalue weighted by Gasteiger charge is 2.50. The number of benzene rings is 2. The lowest BCUT2D eigenvalue weighted by Crippen LogP contribution is -2.60. The predicted molar refractivity (Wildman–Crippen MR) is 313 cm³/mol. The number of unbranched alkanes of at least 4 members (excludes halogenated alkanes) is 5. The van der Waals surface area contributed by atoms with Crippen molar-refractivity contribution in [2.75, 3.05) is 52.8 Å². The van der Waals surface area contributed by atoms with Crippen molar-refractivity contribution < 1.29 is 52.9 Å². The molecule has 8 amide bonds. The van der Waals surface area contributed by atoms with E-state index >= 15 is 0 Å². The number of nitrogens with zero attached hydrogens (tertiary/aromatic N) is 4. The molecule has 5 N–H and O–H groups in total. The van der Waals surface area contributed by atoms with Gasteiger partial charge in [0, 0.05) is 84.2 Å². The lowest BCUT2D eigenvalue weighted by molar-refractivity contribution is -0.148. The van der Waals surface area contributed by atoms with Crippen molar-refractivity contribution in [3.8, 4) is 0 Å². The van der Waals surface area contributed by atoms with Crippen LogP contribution in [-0.2, 0) is 60.8 Å². The zero-order valence-electron chi connectivity index (χ0n) is 49.9. The van der Waals surface area contributed by atoms with Crippen molar-refractivity contribution in [1.82, 2.24) is 35.6 Å². The molecule has 82 heavy (non-hydrogen) atoms. The lowest BCUT2D eigenvalue weighted by atomic mass is 9.89. The van der Waals surface area contributed by atoms with Crippen LogP contribution >= 0.6 is 0 Å². The fraction of sp³-hybridized carbons (Fsp3) is 0.651. The maximum Gasteiger partial charge on any atom is 0.253 e. The van der Waals surface area contributed by atoms with Crippen LogP contribution in [0.5, 0.6) is 0 Å². The average Bonchev–Trinajstić information content (AvgIpc) is 4.44. The van der Waals surface area contributed by atoms with E-state index in [1.165, 1.54) is 24.2 Å². The van der Waals surface area contributed by atoms with E-state index in [1.54, 1.807) is 55.1 Å². The second-order valence-corrected chi connectivity index (χ2v) is 23.6. The Morgan fingerprint density at radius 3 is 2.12 bits per heavy atom. The topological polar surface area (TPSA) is 236 Å². The van der Waals surface area contributed by atoms with Gasteiger partial charge >= 0.3 is 0 Å². The number of amides is 8. The number of aliphatic hydroxyl groups excluding tert-OH is 1. The maximum atomic E-state index is 14.8. The molecule has 3 heterocycles. The lowest BCUT2D eigenvalue weighted by Gasteiger charge is -2.41. The predicted octanol–water partition coefficient (Wildman–Crippen LogP) is 5.92. The number of likely N-dealkylation sites (tertiary alicyclic amines) is 2. The summed E-state index contributed by atoms with van der Waals surface area (Å²) >= 11 is 0. The maximum absolute atomic E-state index is 14.8. The van der Waals surface area contributed by atoms with Gasteiger partial charge in [0.25, 0.3) is 11.8 Å². The second kappa shape index (κ2) is 32.1. The summed E-state index contributed by atoms with van der Waals surface area (Å²) in [5, 5.41) is 21.3. The molecule has 3 fully saturated rings. The molecule has 4 aliphatic rings. The van der Waals surface area contributed by atoms with Gasteiger partial charge in [0.05, 0.1) is 42.7 Å². The second-order valence-electron chi connectivity index (χ2n) is 23.6. The molecule has 0 aromatic heterocycles. The summed E-state index contributed by atoms with van der Waals surface area (Å²) in [6, 6.07) is 13.8. The van der Waals surface area contributed by atoms with E-state index < -0.39 is 54.1 Å². The van der Waals surface area contributed by atoms with E-state index in [0.29, 0.717) is 69.8 Å². The molecule has 0 spiro atoms. The molecule has 2 aromatic carbocycles. The summed E-state index contributed by atoms with van der Waals surface area (Å²) in [4.78, 5) is 115. The van der Waals surface area contributed by atoms with E-state index in [1.807, 2.05) is 58.0 Å². The molecule has 3 unspecified atom stereocenters. The molecule has 19 heteroatoms. The summed E-state index contributed by atoms with van der Waals surface area (Å²) in [5.41, 5.74) is 2.16. The normalized spacial score (nSPS) is 21.2. The van der Waals surface area contributed by atoms with E-state index in [-0.39, 0.29) is 85.2 Å². The third kappa shape index (κ3) is 17.5. The number of fused-ring (bicyclic) bond motifs is 2. The number of nitrogens with one attached hydrogen (secondary N) is 4. The number of rotatable bonds is 34. The van der Waals surface area contributed by atoms with E-state index in [9.17, 15) is 43.5 Å². The highest BCUT2D eigenvalue weighted by Crippen LogP contribution is 2.43. The van der Waals surface area contributed by atoms with E-state index in [2.05, 4.69) is 26.2 Å². The number of aliphatic hydroxyl groups is 1. The molecule has 2 saturated heterocycles. The molecular weight excluding hydrogens is 1040 g/mol. The van der Waals surface area contributed by atoms with Gasteiger partial charge in [-0.05, 0) is 105 Å². The van der Waals surface area contributed by atoms with Crippen molar-refractivity contribution in [3.63, 3.8) is 0 Å². The molecule has 0 radical (unpaired) electrons. The number of imide groups is 1. The molecule has 3 aliphatic heterocycles. The van der Waals surface area contributed by atoms with Crippen LogP contribution < -0.4 is 21.3 Å². The van der Waals surface area contributed by atoms with Gasteiger partial charge in [-0.2, -0.15) is 0 Å². The molecule has 2 bridgehead atoms. The first kappa shape index (κ1) is 65.1. The Balaban J connectivity index is 1.05. The van der Waals surface area contributed by atoms with Gasteiger partial charge in [-0.1, -0.05) is 103 Å². The van der Waals surface area contributed by atoms with Gasteiger partial charge in [0.1, 0.15) is 12.1 Å². The van der Waals surface area contributed by atoms with Crippen molar-refractivity contribution in [2.45, 2.75) is 192 Å². The van der Waals surface area contributed by atoms with Crippen LogP contribution in [0.1, 0.15) is 142 Å². The summed E-state index contributed by atoms with van der Waals surface area (Å²) < 4.78 is 12.3. The zero-order chi connectivity index (χ0) is 59.5. The van der Waals surface area contributed by atoms with Crippen LogP contribution in [0, 0.1) is 23.7 Å². The van der Waals surface area contributed by atoms with Crippen molar-refractivity contribution >= 4 is 52.9 Å². The summed E-state index contributed by atoms with van der Waals surface area (Å²) in [6.07, 6.45) is 12.2. The van der Waals surface area contributed by atoms with Crippen LogP contribution in [0.2, 0.25) is 0 Å². The third-order valence-electron chi connectivity index (χ3n) is 17.6. The first-order valence-electron chi connectivity index (χ1n) is 30.2. The quantitative estimate of drug-likeness (QED) is 0.0406. The monoisotopic (exact) mass is 1140 g/mol. The third-order valence-corrected chi connectivity index (χ3v) is 17.6. The standard InChI is InChI=1S/C63H94N8O11/c1-9-42(4)57(68(6)63(80)56(41(2)3)67-62(79)58-46-27-30-48(38-46)69(58)33-17-10-11-19-36-72)51(81-7)39-55(76)70-35-20-23-50(70)59(82-8)43(5)60(77)66-49(37-44-21-14-12-15-22-44)61(78)65-47-28-25-45(26-29-47)40-64-52(73)24-16-13-18-34-71-53(74)31-32-54(71)75/h12,14-15,21-22,25-26,28-29,31-32,41-43,46,48-51,56-59,72H,9-11,13,16-20,23-24,27,30,33-40H2,1-8H3,(H,64,73)(H,65,78)(H,66,77)(H,67,79)/t42-,43+,46-,48+,49?,50?,51+,56?,57-,58-,59+/m0/s1. The van der Waals surface area contributed by atoms with Gasteiger partial charge in [-0.15, -0.1) is 0 Å². The van der Waals surface area contributed by atoms with Crippen LogP contribution in [0.15, 0.2) is 66.7 Å². The average molecular weight is 1140 g/mol. The van der Waals surface area contributed by atoms with Crippen molar-refractivity contribution in [1.29, 1.82) is 0 Å². The number of carbonyl (C=O) groups excluding carboxylic acids is 8. The molecule has 11 atom stereocenters. The molecule has 19 nitrogen and oxygen atoms in total. The van der Waals surface area contributed by atoms with Crippen LogP contribution in [-0.4, -0.2) is 168 Å². The Hall–Kier alpha value is -6.02. The summed E-state index contributed by atoms with van der Waals surface area (Å²) in [6.45, 7) is 11.8. The highest BCUT2D eigenvalue weighted by atomic mass is 16.5. The van der Waals surface area contributed by atoms with Gasteiger partial charge in [-0.3, -0.25) is 48.2 Å². The van der Waals surface area contributed by atoms with Crippen LogP contribution in [0.4, 0.5) is 5.69 Å². The summed E-state index contributed by atoms with van der Waals surface area (Å²) in [5.74, 6) is -2.92. The molecule has 452 valence electrons. The van der Waals surface area contributed by atoms with Crippen LogP contribution in [0.3, 0.4) is 0 Å². The van der Waals surface area contributed by atoms with Gasteiger partial charge in [-0.25, -0.2) is 0 Å². The first-order valence-corrected chi connectivity index (χ1v) is 30.2. The fourth-order valence-corrected chi connectivity index (χ4v) is 12.8. The minimum Gasteiger partial charge on any atom is -0.396 e. The minimum absolute atomic E-state index is 0.0304. The van der Waals surface area contributed by atoms with E-state index in [4.69, 9.17) is 9.47 Å². The smallest absolute Gasteiger partial charge is 0.253 e. The minimum atomic E-state index is -0.975. The summed E-state index contributed by atoms with van der Waals surface area (Å²) in [7, 11) is 4.84. The Bertz CT molecular complexity index is 2460. The fourth-order valence-electron chi connectivity index (χ4n) is 12.8. The molecule has 2 aromatic rings. The Kier molecular flexibility index (Phi) is 25.5. The van der Waals surface area contributed by atoms with Crippen molar-refractivity contribution in [2.24, 2.45) is 23.7 Å². The SMILES string of the molecule is CC[C@H](C)[C@@H]([C@@H](CC(=O)N1CCCC1[C@H](OC)[C@@H](C)C(=O)NC(Cc1ccccc1)C(=O)Nc1ccc(CNC(=O)CCCCCN2C(=O)C=CC2=O)cc1)OC)N(C)C(=O)C(NC(=O)[C@@H]1[C@H]2CC[C@H](C2)N1CCCCCCO)C(C)C. The van der Waals surface area contributed by atoms with Crippen molar-refractivity contribution in [3.05, 3.63) is 77.9 Å². The molecule has 1 saturated carbocycles. The van der Waals surface area contributed by atoms with Crippen LogP contribution in [0.25, 0.3) is 0 Å². The largest absolute Gasteiger partial charge is 0.396 e. The first-order chi connectivity index (χ1) is 39.4. The number of ether oxygens (including phenoxy) is 2. The Morgan fingerprint density at radius 2 is 1.46 bits per heavy atom. The number of likely N-dealkylation sites (N-methyl/N-ethyl adjacent to an activating group) is 1. The number of hydrogen-bond donors (Lipinski definition) is 5. The number of methoxy groups -OCH3 is 2. The number of anilines is 1. The zero-order valence-corrected chi connectivity index (χ0v) is 49.9. The number of carbonyl (C=O) groups is 8. The molecular formula is C63H94N8O11. The number of piperidine rings is 1. The highest BCUT2D eigenvalue weighted by molar-refractivity contribution is 6.12.